The summed E-state index contributed by atoms with van der Waals surface area (Å²) in [6, 6.07) is 6.89. The van der Waals surface area contributed by atoms with Gasteiger partial charge in [0.2, 0.25) is 0 Å². The molecule has 0 aliphatic carbocycles. The molecule has 0 N–H and O–H groups in total. The van der Waals surface area contributed by atoms with Crippen molar-refractivity contribution in [2.24, 2.45) is 0 Å². The summed E-state index contributed by atoms with van der Waals surface area (Å²) in [4.78, 5) is 9.72. The van der Waals surface area contributed by atoms with Crippen molar-refractivity contribution in [1.29, 1.82) is 0 Å². The number of rotatable bonds is 4. The summed E-state index contributed by atoms with van der Waals surface area (Å²) in [5, 5.41) is 4.31. The highest BCUT2D eigenvalue weighted by molar-refractivity contribution is 5.47. The van der Waals surface area contributed by atoms with Crippen molar-refractivity contribution < 1.29 is 4.74 Å². The second-order valence-corrected chi connectivity index (χ2v) is 6.56. The van der Waals surface area contributed by atoms with Crippen LogP contribution >= 0.6 is 0 Å². The molecular weight excluding hydrogens is 302 g/mol. The zero-order valence-corrected chi connectivity index (χ0v) is 14.0. The Hall–Kier alpha value is -1.92. The fraction of sp³-hybridized carbons (Fsp3) is 0.556. The Kier molecular flexibility index (Phi) is 4.76. The van der Waals surface area contributed by atoms with Crippen molar-refractivity contribution >= 4 is 5.82 Å². The molecule has 1 saturated heterocycles. The molecule has 0 aromatic carbocycles. The number of ether oxygens (including phenoxy) is 1. The molecule has 0 bridgehead atoms. The van der Waals surface area contributed by atoms with Crippen molar-refractivity contribution in [3.63, 3.8) is 0 Å². The summed E-state index contributed by atoms with van der Waals surface area (Å²) >= 11 is 0. The van der Waals surface area contributed by atoms with Crippen LogP contribution in [0, 0.1) is 0 Å². The molecule has 4 rings (SSSR count). The monoisotopic (exact) mass is 327 g/mol. The van der Waals surface area contributed by atoms with Gasteiger partial charge in [-0.3, -0.25) is 9.58 Å². The second-order valence-electron chi connectivity index (χ2n) is 6.56. The molecule has 0 spiro atoms. The largest absolute Gasteiger partial charge is 0.381 e. The predicted molar refractivity (Wildman–Crippen MR) is 92.9 cm³/mol. The smallest absolute Gasteiger partial charge is 0.133 e. The van der Waals surface area contributed by atoms with E-state index < -0.39 is 0 Å². The van der Waals surface area contributed by atoms with Crippen molar-refractivity contribution in [2.75, 3.05) is 37.7 Å². The molecule has 128 valence electrons. The maximum absolute atomic E-state index is 5.53. The summed E-state index contributed by atoms with van der Waals surface area (Å²) in [7, 11) is 0. The lowest BCUT2D eigenvalue weighted by Gasteiger charge is -2.33. The van der Waals surface area contributed by atoms with Crippen LogP contribution in [0.3, 0.4) is 0 Å². The number of hydrogen-bond acceptors (Lipinski definition) is 5. The Morgan fingerprint density at radius 3 is 2.83 bits per heavy atom. The fourth-order valence-electron chi connectivity index (χ4n) is 3.73. The first-order valence-electron chi connectivity index (χ1n) is 8.88. The van der Waals surface area contributed by atoms with Crippen LogP contribution in [0.25, 0.3) is 0 Å². The number of fused-ring (bicyclic) bond motifs is 1. The van der Waals surface area contributed by atoms with Gasteiger partial charge < -0.3 is 9.64 Å². The highest BCUT2D eigenvalue weighted by atomic mass is 16.5. The highest BCUT2D eigenvalue weighted by Gasteiger charge is 2.26. The first-order chi connectivity index (χ1) is 11.9. The quantitative estimate of drug-likeness (QED) is 0.857. The number of anilines is 1. The zero-order chi connectivity index (χ0) is 16.2. The minimum atomic E-state index is 0.637. The van der Waals surface area contributed by atoms with Gasteiger partial charge >= 0.3 is 0 Å². The van der Waals surface area contributed by atoms with Crippen molar-refractivity contribution in [3.05, 3.63) is 42.4 Å². The SMILES string of the molecule is c1cnc2c(c1)CN(C1CCOCC1)CCN2CCn1cccn1. The van der Waals surface area contributed by atoms with Gasteiger partial charge in [0.15, 0.2) is 0 Å². The Morgan fingerprint density at radius 1 is 1.08 bits per heavy atom. The molecule has 0 radical (unpaired) electrons. The summed E-state index contributed by atoms with van der Waals surface area (Å²) in [6.45, 7) is 6.70. The number of aromatic nitrogens is 3. The van der Waals surface area contributed by atoms with Crippen LogP contribution in [0.15, 0.2) is 36.8 Å². The van der Waals surface area contributed by atoms with Gasteiger partial charge in [0.05, 0.1) is 6.54 Å². The first kappa shape index (κ1) is 15.6. The molecular formula is C18H25N5O. The number of pyridine rings is 1. The molecule has 6 nitrogen and oxygen atoms in total. The molecule has 0 unspecified atom stereocenters. The van der Waals surface area contributed by atoms with E-state index in [0.29, 0.717) is 6.04 Å². The topological polar surface area (TPSA) is 46.4 Å². The minimum Gasteiger partial charge on any atom is -0.381 e. The third-order valence-corrected chi connectivity index (χ3v) is 5.06. The van der Waals surface area contributed by atoms with E-state index in [2.05, 4.69) is 32.0 Å². The zero-order valence-electron chi connectivity index (χ0n) is 14.0. The van der Waals surface area contributed by atoms with Crippen molar-refractivity contribution in [2.45, 2.75) is 32.0 Å². The molecule has 0 saturated carbocycles. The van der Waals surface area contributed by atoms with Gasteiger partial charge in [-0.05, 0) is 25.0 Å². The maximum atomic E-state index is 5.53. The molecule has 1 fully saturated rings. The summed E-state index contributed by atoms with van der Waals surface area (Å²) < 4.78 is 7.52. The Morgan fingerprint density at radius 2 is 2.00 bits per heavy atom. The molecule has 2 aliphatic rings. The van der Waals surface area contributed by atoms with Gasteiger partial charge in [-0.15, -0.1) is 0 Å². The summed E-state index contributed by atoms with van der Waals surface area (Å²) in [5.41, 5.74) is 1.34. The molecule has 0 atom stereocenters. The van der Waals surface area contributed by atoms with Gasteiger partial charge in [-0.25, -0.2) is 4.98 Å². The van der Waals surface area contributed by atoms with E-state index in [9.17, 15) is 0 Å². The van der Waals surface area contributed by atoms with Crippen LogP contribution in [0.2, 0.25) is 0 Å². The van der Waals surface area contributed by atoms with E-state index in [1.807, 2.05) is 29.3 Å². The summed E-state index contributed by atoms with van der Waals surface area (Å²) in [5.74, 6) is 1.14. The molecule has 0 amide bonds. The number of hydrogen-bond donors (Lipinski definition) is 0. The van der Waals surface area contributed by atoms with Crippen LogP contribution in [-0.4, -0.2) is 58.6 Å². The van der Waals surface area contributed by atoms with E-state index in [1.165, 1.54) is 5.56 Å². The lowest BCUT2D eigenvalue weighted by Crippen LogP contribution is -2.41. The predicted octanol–water partition coefficient (Wildman–Crippen LogP) is 1.78. The van der Waals surface area contributed by atoms with Gasteiger partial charge in [0, 0.05) is 69.6 Å². The molecule has 2 aromatic rings. The van der Waals surface area contributed by atoms with E-state index in [0.717, 1.165) is 64.6 Å². The van der Waals surface area contributed by atoms with Crippen molar-refractivity contribution in [1.82, 2.24) is 19.7 Å². The van der Waals surface area contributed by atoms with Gasteiger partial charge in [0.25, 0.3) is 0 Å². The van der Waals surface area contributed by atoms with Crippen LogP contribution < -0.4 is 4.90 Å². The highest BCUT2D eigenvalue weighted by Crippen LogP contribution is 2.25. The molecule has 2 aliphatic heterocycles. The standard InChI is InChI=1S/C18H25N5O/c1-3-16-15-22(17-4-13-24-14-5-17)10-9-21(18(16)19-6-1)11-12-23-8-2-7-20-23/h1-3,6-8,17H,4-5,9-15H2. The Labute approximate surface area is 143 Å². The van der Waals surface area contributed by atoms with E-state index in [1.54, 1.807) is 0 Å². The van der Waals surface area contributed by atoms with E-state index >= 15 is 0 Å². The van der Waals surface area contributed by atoms with Crippen LogP contribution in [0.1, 0.15) is 18.4 Å². The van der Waals surface area contributed by atoms with Crippen LogP contribution in [0.5, 0.6) is 0 Å². The summed E-state index contributed by atoms with van der Waals surface area (Å²) in [6.07, 6.45) is 8.04. The van der Waals surface area contributed by atoms with Crippen LogP contribution in [-0.2, 0) is 17.8 Å². The lowest BCUT2D eigenvalue weighted by atomic mass is 10.1. The minimum absolute atomic E-state index is 0.637. The first-order valence-corrected chi connectivity index (χ1v) is 8.88. The fourth-order valence-corrected chi connectivity index (χ4v) is 3.73. The lowest BCUT2D eigenvalue weighted by molar-refractivity contribution is 0.0328. The van der Waals surface area contributed by atoms with E-state index in [-0.39, 0.29) is 0 Å². The molecule has 4 heterocycles. The third-order valence-electron chi connectivity index (χ3n) is 5.06. The molecule has 24 heavy (non-hydrogen) atoms. The van der Waals surface area contributed by atoms with Gasteiger partial charge in [0.1, 0.15) is 5.82 Å². The maximum Gasteiger partial charge on any atom is 0.133 e. The van der Waals surface area contributed by atoms with Crippen molar-refractivity contribution in [3.8, 4) is 0 Å². The van der Waals surface area contributed by atoms with Gasteiger partial charge in [-0.1, -0.05) is 6.07 Å². The van der Waals surface area contributed by atoms with Gasteiger partial charge in [-0.2, -0.15) is 5.10 Å². The Balaban J connectivity index is 1.49. The molecule has 6 heteroatoms. The average Bonchev–Trinajstić information content (AvgIpc) is 3.08. The number of nitrogens with zero attached hydrogens (tertiary/aromatic N) is 5. The normalized spacial score (nSPS) is 19.9. The second kappa shape index (κ2) is 7.32. The molecule has 2 aromatic heterocycles. The average molecular weight is 327 g/mol. The Bertz CT molecular complexity index is 639. The third kappa shape index (κ3) is 3.44. The van der Waals surface area contributed by atoms with E-state index in [4.69, 9.17) is 4.74 Å². The van der Waals surface area contributed by atoms with Crippen LogP contribution in [0.4, 0.5) is 5.82 Å².